The Balaban J connectivity index is 2.38. The number of hydrogen-bond donors (Lipinski definition) is 1. The van der Waals surface area contributed by atoms with Gasteiger partial charge in [0.2, 0.25) is 0 Å². The molecule has 0 aromatic carbocycles. The van der Waals surface area contributed by atoms with Crippen molar-refractivity contribution in [1.29, 1.82) is 0 Å². The Morgan fingerprint density at radius 2 is 1.75 bits per heavy atom. The van der Waals surface area contributed by atoms with Crippen LogP contribution >= 0.6 is 0 Å². The normalized spacial score (nSPS) is 19.0. The van der Waals surface area contributed by atoms with E-state index in [4.69, 9.17) is 10.8 Å². The molecular formula is C17H31N3. The molecular weight excluding hydrogens is 246 g/mol. The average molecular weight is 277 g/mol. The SMILES string of the molecule is CCc1nn(C2CCCCCC2)c(CC)c1C(N)CC. The lowest BCUT2D eigenvalue weighted by atomic mass is 9.99. The Morgan fingerprint density at radius 3 is 2.25 bits per heavy atom. The molecule has 0 aliphatic heterocycles. The highest BCUT2D eigenvalue weighted by Gasteiger charge is 2.24. The third kappa shape index (κ3) is 3.08. The minimum absolute atomic E-state index is 0.152. The van der Waals surface area contributed by atoms with Crippen LogP contribution in [-0.2, 0) is 12.8 Å². The summed E-state index contributed by atoms with van der Waals surface area (Å²) in [5.41, 5.74) is 10.4. The van der Waals surface area contributed by atoms with Crippen LogP contribution in [0.2, 0.25) is 0 Å². The summed E-state index contributed by atoms with van der Waals surface area (Å²) < 4.78 is 2.36. The van der Waals surface area contributed by atoms with Crippen molar-refractivity contribution in [1.82, 2.24) is 9.78 Å². The van der Waals surface area contributed by atoms with Crippen molar-refractivity contribution in [3.63, 3.8) is 0 Å². The molecule has 1 unspecified atom stereocenters. The Labute approximate surface area is 123 Å². The number of hydrogen-bond acceptors (Lipinski definition) is 2. The molecule has 114 valence electrons. The van der Waals surface area contributed by atoms with Crippen LogP contribution in [0, 0.1) is 0 Å². The predicted octanol–water partition coefficient (Wildman–Crippen LogP) is 4.31. The van der Waals surface area contributed by atoms with Gasteiger partial charge < -0.3 is 5.73 Å². The first-order valence-electron chi connectivity index (χ1n) is 8.58. The molecule has 1 aromatic rings. The number of rotatable bonds is 5. The first-order valence-corrected chi connectivity index (χ1v) is 8.58. The Morgan fingerprint density at radius 1 is 1.10 bits per heavy atom. The summed E-state index contributed by atoms with van der Waals surface area (Å²) in [7, 11) is 0. The van der Waals surface area contributed by atoms with E-state index in [2.05, 4.69) is 25.5 Å². The van der Waals surface area contributed by atoms with E-state index >= 15 is 0 Å². The quantitative estimate of drug-likeness (QED) is 0.815. The molecule has 20 heavy (non-hydrogen) atoms. The smallest absolute Gasteiger partial charge is 0.0672 e. The van der Waals surface area contributed by atoms with Crippen molar-refractivity contribution >= 4 is 0 Å². The van der Waals surface area contributed by atoms with Gasteiger partial charge in [-0.3, -0.25) is 4.68 Å². The minimum atomic E-state index is 0.152. The van der Waals surface area contributed by atoms with Gasteiger partial charge in [-0.2, -0.15) is 5.10 Å². The third-order valence-electron chi connectivity index (χ3n) is 4.78. The van der Waals surface area contributed by atoms with Crippen molar-refractivity contribution in [2.24, 2.45) is 5.73 Å². The standard InChI is InChI=1S/C17H31N3/c1-4-14(18)17-15(5-2)19-20(16(17)6-3)13-11-9-7-8-10-12-13/h13-14H,4-12,18H2,1-3H3. The average Bonchev–Trinajstić information content (AvgIpc) is 2.65. The fraction of sp³-hybridized carbons (Fsp3) is 0.824. The van der Waals surface area contributed by atoms with Gasteiger partial charge in [0.05, 0.1) is 11.7 Å². The van der Waals surface area contributed by atoms with E-state index in [0.717, 1.165) is 19.3 Å². The molecule has 2 N–H and O–H groups in total. The summed E-state index contributed by atoms with van der Waals surface area (Å²) >= 11 is 0. The zero-order chi connectivity index (χ0) is 14.5. The maximum Gasteiger partial charge on any atom is 0.0672 e. The molecule has 0 radical (unpaired) electrons. The highest BCUT2D eigenvalue weighted by Crippen LogP contribution is 2.32. The minimum Gasteiger partial charge on any atom is -0.324 e. The molecule has 3 heteroatoms. The van der Waals surface area contributed by atoms with Crippen molar-refractivity contribution < 1.29 is 0 Å². The van der Waals surface area contributed by atoms with Crippen LogP contribution in [0.3, 0.4) is 0 Å². The summed E-state index contributed by atoms with van der Waals surface area (Å²) in [4.78, 5) is 0. The maximum atomic E-state index is 6.37. The van der Waals surface area contributed by atoms with Gasteiger partial charge in [-0.25, -0.2) is 0 Å². The van der Waals surface area contributed by atoms with Gasteiger partial charge >= 0.3 is 0 Å². The summed E-state index contributed by atoms with van der Waals surface area (Å²) in [6, 6.07) is 0.759. The molecule has 2 rings (SSSR count). The van der Waals surface area contributed by atoms with Gasteiger partial charge in [-0.05, 0) is 32.1 Å². The van der Waals surface area contributed by atoms with Gasteiger partial charge in [-0.15, -0.1) is 0 Å². The molecule has 0 bridgehead atoms. The summed E-state index contributed by atoms with van der Waals surface area (Å²) in [6.07, 6.45) is 11.1. The van der Waals surface area contributed by atoms with Crippen LogP contribution in [0.4, 0.5) is 0 Å². The van der Waals surface area contributed by atoms with E-state index in [9.17, 15) is 0 Å². The Hall–Kier alpha value is -0.830. The second kappa shape index (κ2) is 7.26. The van der Waals surface area contributed by atoms with E-state index in [1.54, 1.807) is 0 Å². The lowest BCUT2D eigenvalue weighted by molar-refractivity contribution is 0.391. The van der Waals surface area contributed by atoms with Crippen LogP contribution in [0.1, 0.15) is 94.8 Å². The van der Waals surface area contributed by atoms with E-state index in [1.165, 1.54) is 55.5 Å². The molecule has 1 aromatic heterocycles. The number of aryl methyl sites for hydroxylation is 1. The molecule has 3 nitrogen and oxygen atoms in total. The molecule has 1 atom stereocenters. The highest BCUT2D eigenvalue weighted by atomic mass is 15.3. The highest BCUT2D eigenvalue weighted by molar-refractivity contribution is 5.30. The molecule has 1 aliphatic carbocycles. The number of nitrogens with two attached hydrogens (primary N) is 1. The molecule has 1 fully saturated rings. The molecule has 1 aliphatic rings. The van der Waals surface area contributed by atoms with Crippen LogP contribution < -0.4 is 5.73 Å². The van der Waals surface area contributed by atoms with Crippen molar-refractivity contribution in [3.8, 4) is 0 Å². The first kappa shape index (κ1) is 15.6. The maximum absolute atomic E-state index is 6.37. The summed E-state index contributed by atoms with van der Waals surface area (Å²) in [5, 5.41) is 4.97. The van der Waals surface area contributed by atoms with Crippen molar-refractivity contribution in [2.45, 2.75) is 90.6 Å². The second-order valence-electron chi connectivity index (χ2n) is 6.12. The Kier molecular flexibility index (Phi) is 5.64. The van der Waals surface area contributed by atoms with E-state index in [0.29, 0.717) is 6.04 Å². The van der Waals surface area contributed by atoms with E-state index in [1.807, 2.05) is 0 Å². The first-order chi connectivity index (χ1) is 9.72. The monoisotopic (exact) mass is 277 g/mol. The number of aromatic nitrogens is 2. The molecule has 1 saturated carbocycles. The van der Waals surface area contributed by atoms with E-state index in [-0.39, 0.29) is 6.04 Å². The Bertz CT molecular complexity index is 414. The molecule has 0 amide bonds. The topological polar surface area (TPSA) is 43.8 Å². The zero-order valence-electron chi connectivity index (χ0n) is 13.5. The van der Waals surface area contributed by atoms with Gasteiger partial charge in [0.25, 0.3) is 0 Å². The van der Waals surface area contributed by atoms with Gasteiger partial charge in [0.1, 0.15) is 0 Å². The van der Waals surface area contributed by atoms with Crippen molar-refractivity contribution in [2.75, 3.05) is 0 Å². The van der Waals surface area contributed by atoms with Crippen LogP contribution in [-0.4, -0.2) is 9.78 Å². The van der Waals surface area contributed by atoms with Crippen LogP contribution in [0.15, 0.2) is 0 Å². The van der Waals surface area contributed by atoms with E-state index < -0.39 is 0 Å². The molecule has 0 saturated heterocycles. The molecule has 0 spiro atoms. The lowest BCUT2D eigenvalue weighted by Gasteiger charge is -2.19. The van der Waals surface area contributed by atoms with Crippen molar-refractivity contribution in [3.05, 3.63) is 17.0 Å². The van der Waals surface area contributed by atoms with Gasteiger partial charge in [0, 0.05) is 17.3 Å². The summed E-state index contributed by atoms with van der Waals surface area (Å²) in [5.74, 6) is 0. The molecule has 1 heterocycles. The van der Waals surface area contributed by atoms with Gasteiger partial charge in [0.15, 0.2) is 0 Å². The zero-order valence-corrected chi connectivity index (χ0v) is 13.5. The summed E-state index contributed by atoms with van der Waals surface area (Å²) in [6.45, 7) is 6.62. The van der Waals surface area contributed by atoms with Crippen LogP contribution in [0.25, 0.3) is 0 Å². The number of nitrogens with zero attached hydrogens (tertiary/aromatic N) is 2. The van der Waals surface area contributed by atoms with Crippen LogP contribution in [0.5, 0.6) is 0 Å². The predicted molar refractivity (Wildman–Crippen MR) is 84.9 cm³/mol. The fourth-order valence-electron chi connectivity index (χ4n) is 3.58. The third-order valence-corrected chi connectivity index (χ3v) is 4.78. The second-order valence-corrected chi connectivity index (χ2v) is 6.12. The lowest BCUT2D eigenvalue weighted by Crippen LogP contribution is -2.16. The van der Waals surface area contributed by atoms with Gasteiger partial charge in [-0.1, -0.05) is 46.5 Å². The fourth-order valence-corrected chi connectivity index (χ4v) is 3.58. The largest absolute Gasteiger partial charge is 0.324 e.